The number of nitrogens with zero attached hydrogens (tertiary/aromatic N) is 3. The van der Waals surface area contributed by atoms with Gasteiger partial charge in [0.1, 0.15) is 10.7 Å². The number of carboxylic acid groups (broad SMARTS) is 1. The Morgan fingerprint density at radius 3 is 2.76 bits per heavy atom. The molecule has 1 saturated heterocycles. The topological polar surface area (TPSA) is 83.4 Å². The first-order valence-corrected chi connectivity index (χ1v) is 8.81. The number of carboxylic acids is 1. The monoisotopic (exact) mass is 353 g/mol. The molecule has 1 amide bonds. The van der Waals surface area contributed by atoms with E-state index in [2.05, 4.69) is 9.97 Å². The van der Waals surface area contributed by atoms with E-state index in [1.807, 2.05) is 29.2 Å². The van der Waals surface area contributed by atoms with Crippen LogP contribution in [0.3, 0.4) is 0 Å². The number of rotatable bonds is 3. The Labute approximate surface area is 147 Å². The van der Waals surface area contributed by atoms with Crippen molar-refractivity contribution in [1.82, 2.24) is 14.9 Å². The van der Waals surface area contributed by atoms with Gasteiger partial charge in [-0.15, -0.1) is 11.3 Å². The van der Waals surface area contributed by atoms with Crippen LogP contribution in [-0.2, 0) is 0 Å². The van der Waals surface area contributed by atoms with Crippen LogP contribution in [0, 0.1) is 0 Å². The highest BCUT2D eigenvalue weighted by molar-refractivity contribution is 7.18. The van der Waals surface area contributed by atoms with E-state index >= 15 is 0 Å². The summed E-state index contributed by atoms with van der Waals surface area (Å²) in [4.78, 5) is 34.1. The molecule has 1 atom stereocenters. The second kappa shape index (κ2) is 6.25. The van der Waals surface area contributed by atoms with Crippen LogP contribution in [0.5, 0.6) is 0 Å². The van der Waals surface area contributed by atoms with E-state index < -0.39 is 5.97 Å². The summed E-state index contributed by atoms with van der Waals surface area (Å²) in [5.74, 6) is -1.24. The summed E-state index contributed by atoms with van der Waals surface area (Å²) in [6.07, 6.45) is 3.14. The first-order chi connectivity index (χ1) is 12.1. The van der Waals surface area contributed by atoms with Crippen molar-refractivity contribution >= 4 is 33.4 Å². The van der Waals surface area contributed by atoms with Crippen LogP contribution in [0.15, 0.2) is 42.6 Å². The molecule has 2 aromatic heterocycles. The number of aromatic carboxylic acids is 1. The summed E-state index contributed by atoms with van der Waals surface area (Å²) in [5.41, 5.74) is 1.29. The van der Waals surface area contributed by atoms with Gasteiger partial charge < -0.3 is 10.0 Å². The number of aromatic nitrogens is 2. The molecule has 0 spiro atoms. The Balaban J connectivity index is 1.62. The van der Waals surface area contributed by atoms with Gasteiger partial charge in [0.05, 0.1) is 21.8 Å². The fourth-order valence-corrected chi connectivity index (χ4v) is 4.23. The molecule has 3 aromatic rings. The number of carbonyl (C=O) groups is 2. The van der Waals surface area contributed by atoms with E-state index in [1.165, 1.54) is 18.3 Å². The third-order valence-electron chi connectivity index (χ3n) is 4.34. The largest absolute Gasteiger partial charge is 0.477 e. The van der Waals surface area contributed by atoms with Gasteiger partial charge in [0, 0.05) is 12.7 Å². The summed E-state index contributed by atoms with van der Waals surface area (Å²) >= 11 is 1.62. The van der Waals surface area contributed by atoms with Crippen molar-refractivity contribution in [2.75, 3.05) is 6.54 Å². The van der Waals surface area contributed by atoms with Gasteiger partial charge in [-0.05, 0) is 37.1 Å². The summed E-state index contributed by atoms with van der Waals surface area (Å²) in [5, 5.41) is 9.87. The zero-order valence-corrected chi connectivity index (χ0v) is 14.1. The summed E-state index contributed by atoms with van der Waals surface area (Å²) < 4.78 is 1.12. The number of thiazole rings is 1. The Morgan fingerprint density at radius 1 is 1.20 bits per heavy atom. The Hall–Kier alpha value is -2.80. The summed E-state index contributed by atoms with van der Waals surface area (Å²) in [7, 11) is 0. The second-order valence-electron chi connectivity index (χ2n) is 5.91. The van der Waals surface area contributed by atoms with Crippen molar-refractivity contribution in [3.8, 4) is 0 Å². The van der Waals surface area contributed by atoms with Crippen LogP contribution in [0.25, 0.3) is 10.2 Å². The zero-order valence-electron chi connectivity index (χ0n) is 13.3. The van der Waals surface area contributed by atoms with E-state index in [0.29, 0.717) is 12.1 Å². The zero-order chi connectivity index (χ0) is 17.4. The Morgan fingerprint density at radius 2 is 2.04 bits per heavy atom. The van der Waals surface area contributed by atoms with E-state index in [9.17, 15) is 9.59 Å². The van der Waals surface area contributed by atoms with Crippen molar-refractivity contribution in [3.63, 3.8) is 0 Å². The van der Waals surface area contributed by atoms with Gasteiger partial charge in [-0.1, -0.05) is 12.1 Å². The van der Waals surface area contributed by atoms with Gasteiger partial charge in [-0.3, -0.25) is 4.79 Å². The molecule has 0 bridgehead atoms. The minimum absolute atomic E-state index is 0.0379. The van der Waals surface area contributed by atoms with Crippen molar-refractivity contribution in [2.24, 2.45) is 0 Å². The number of hydrogen-bond donors (Lipinski definition) is 1. The maximum absolute atomic E-state index is 12.8. The van der Waals surface area contributed by atoms with Crippen LogP contribution in [0.4, 0.5) is 0 Å². The summed E-state index contributed by atoms with van der Waals surface area (Å²) in [6, 6.07) is 10.8. The molecule has 1 fully saturated rings. The molecule has 0 aliphatic carbocycles. The van der Waals surface area contributed by atoms with Crippen LogP contribution in [0.2, 0.25) is 0 Å². The first kappa shape index (κ1) is 15.7. The van der Waals surface area contributed by atoms with E-state index in [4.69, 9.17) is 5.11 Å². The third kappa shape index (κ3) is 2.87. The molecule has 7 heteroatoms. The molecule has 0 unspecified atom stereocenters. The normalized spacial score (nSPS) is 17.1. The number of benzene rings is 1. The molecular weight excluding hydrogens is 338 g/mol. The van der Waals surface area contributed by atoms with Gasteiger partial charge in [0.2, 0.25) is 0 Å². The minimum Gasteiger partial charge on any atom is -0.477 e. The van der Waals surface area contributed by atoms with Gasteiger partial charge in [0.25, 0.3) is 5.91 Å². The average Bonchev–Trinajstić information content (AvgIpc) is 3.27. The number of hydrogen-bond acceptors (Lipinski definition) is 5. The third-order valence-corrected chi connectivity index (χ3v) is 5.48. The quantitative estimate of drug-likeness (QED) is 0.780. The van der Waals surface area contributed by atoms with Gasteiger partial charge >= 0.3 is 5.97 Å². The van der Waals surface area contributed by atoms with Crippen molar-refractivity contribution in [3.05, 3.63) is 58.9 Å². The molecule has 6 nitrogen and oxygen atoms in total. The smallest absolute Gasteiger partial charge is 0.354 e. The maximum Gasteiger partial charge on any atom is 0.354 e. The van der Waals surface area contributed by atoms with Crippen LogP contribution >= 0.6 is 11.3 Å². The average molecular weight is 353 g/mol. The Kier molecular flexibility index (Phi) is 3.93. The number of likely N-dealkylation sites (tertiary alicyclic amines) is 1. The lowest BCUT2D eigenvalue weighted by atomic mass is 10.2. The standard InChI is InChI=1S/C18H15N3O3S/c22-17(11-7-8-13(18(23)24)19-10-11)21-9-3-5-14(21)16-20-12-4-1-2-6-15(12)25-16/h1-2,4,6-8,10,14H,3,5,9H2,(H,23,24)/t14-/m0/s1. The van der Waals surface area contributed by atoms with Crippen LogP contribution in [0.1, 0.15) is 44.7 Å². The SMILES string of the molecule is O=C(O)c1ccc(C(=O)N2CCC[C@H]2c2nc3ccccc3s2)cn1. The van der Waals surface area contributed by atoms with Gasteiger partial charge in [-0.25, -0.2) is 14.8 Å². The molecule has 1 aliphatic heterocycles. The molecule has 0 saturated carbocycles. The van der Waals surface area contributed by atoms with E-state index in [0.717, 1.165) is 28.1 Å². The molecule has 126 valence electrons. The highest BCUT2D eigenvalue weighted by atomic mass is 32.1. The molecule has 25 heavy (non-hydrogen) atoms. The highest BCUT2D eigenvalue weighted by Crippen LogP contribution is 2.37. The molecule has 1 aromatic carbocycles. The number of carbonyl (C=O) groups excluding carboxylic acids is 1. The molecule has 1 N–H and O–H groups in total. The second-order valence-corrected chi connectivity index (χ2v) is 6.98. The molecular formula is C18H15N3O3S. The van der Waals surface area contributed by atoms with E-state index in [1.54, 1.807) is 11.3 Å². The number of amides is 1. The lowest BCUT2D eigenvalue weighted by Gasteiger charge is -2.23. The highest BCUT2D eigenvalue weighted by Gasteiger charge is 2.33. The predicted octanol–water partition coefficient (Wildman–Crippen LogP) is 3.37. The van der Waals surface area contributed by atoms with Crippen molar-refractivity contribution < 1.29 is 14.7 Å². The molecule has 4 rings (SSSR count). The molecule has 1 aliphatic rings. The van der Waals surface area contributed by atoms with Crippen molar-refractivity contribution in [1.29, 1.82) is 0 Å². The van der Waals surface area contributed by atoms with Crippen LogP contribution in [-0.4, -0.2) is 38.4 Å². The van der Waals surface area contributed by atoms with Gasteiger partial charge in [0.15, 0.2) is 0 Å². The Bertz CT molecular complexity index is 919. The minimum atomic E-state index is -1.10. The molecule has 3 heterocycles. The van der Waals surface area contributed by atoms with Gasteiger partial charge in [-0.2, -0.15) is 0 Å². The summed E-state index contributed by atoms with van der Waals surface area (Å²) in [6.45, 7) is 0.667. The lowest BCUT2D eigenvalue weighted by Crippen LogP contribution is -2.30. The van der Waals surface area contributed by atoms with E-state index in [-0.39, 0.29) is 17.6 Å². The fraction of sp³-hybridized carbons (Fsp3) is 0.222. The molecule has 0 radical (unpaired) electrons. The van der Waals surface area contributed by atoms with Crippen molar-refractivity contribution in [2.45, 2.75) is 18.9 Å². The fourth-order valence-electron chi connectivity index (χ4n) is 3.11. The maximum atomic E-state index is 12.8. The number of para-hydroxylation sites is 1. The lowest BCUT2D eigenvalue weighted by molar-refractivity contribution is 0.0685. The number of pyridine rings is 1. The number of fused-ring (bicyclic) bond motifs is 1. The van der Waals surface area contributed by atoms with Crippen LogP contribution < -0.4 is 0 Å². The first-order valence-electron chi connectivity index (χ1n) is 7.99. The predicted molar refractivity (Wildman–Crippen MR) is 93.8 cm³/mol.